The Balaban J connectivity index is 1.82. The number of hydrogen-bond donors (Lipinski definition) is 2. The summed E-state index contributed by atoms with van der Waals surface area (Å²) < 4.78 is 18.3. The number of hydrogen-bond acceptors (Lipinski definition) is 5. The molecule has 0 aliphatic heterocycles. The van der Waals surface area contributed by atoms with Gasteiger partial charge in [0.05, 0.1) is 5.69 Å². The monoisotopic (exact) mass is 364 g/mol. The molecular formula is C17H17FN2O4S. The predicted molar refractivity (Wildman–Crippen MR) is 92.3 cm³/mol. The van der Waals surface area contributed by atoms with E-state index in [-0.39, 0.29) is 5.69 Å². The summed E-state index contributed by atoms with van der Waals surface area (Å²) in [6.07, 6.45) is 0.806. The van der Waals surface area contributed by atoms with Crippen molar-refractivity contribution in [1.82, 2.24) is 5.32 Å². The van der Waals surface area contributed by atoms with Crippen molar-refractivity contribution in [2.75, 3.05) is 11.9 Å². The van der Waals surface area contributed by atoms with Crippen LogP contribution in [-0.2, 0) is 16.0 Å². The fourth-order valence-electron chi connectivity index (χ4n) is 2.05. The summed E-state index contributed by atoms with van der Waals surface area (Å²) in [4.78, 5) is 36.7. The minimum atomic E-state index is -0.911. The van der Waals surface area contributed by atoms with Crippen LogP contribution in [-0.4, -0.2) is 24.5 Å². The van der Waals surface area contributed by atoms with Crippen LogP contribution in [0.1, 0.15) is 27.0 Å². The maximum absolute atomic E-state index is 13.4. The number of ether oxygens (including phenoxy) is 1. The van der Waals surface area contributed by atoms with E-state index in [4.69, 9.17) is 4.74 Å². The Bertz CT molecular complexity index is 804. The second-order valence-corrected chi connectivity index (χ2v) is 6.27. The van der Waals surface area contributed by atoms with E-state index in [1.807, 2.05) is 19.2 Å². The Morgan fingerprint density at radius 2 is 1.96 bits per heavy atom. The molecule has 132 valence electrons. The Hall–Kier alpha value is -2.74. The summed E-state index contributed by atoms with van der Waals surface area (Å²) in [5.74, 6) is -2.07. The summed E-state index contributed by atoms with van der Waals surface area (Å²) in [5.41, 5.74) is 0.930. The summed E-state index contributed by atoms with van der Waals surface area (Å²) in [6, 6.07) is 6.33. The van der Waals surface area contributed by atoms with E-state index in [1.165, 1.54) is 35.6 Å². The smallest absolute Gasteiger partial charge is 0.348 e. The zero-order valence-corrected chi connectivity index (χ0v) is 14.5. The number of para-hydroxylation sites is 1. The molecule has 0 unspecified atom stereocenters. The molecule has 6 nitrogen and oxygen atoms in total. The van der Waals surface area contributed by atoms with E-state index in [0.29, 0.717) is 4.88 Å². The highest BCUT2D eigenvalue weighted by Gasteiger charge is 2.16. The standard InChI is InChI=1S/C17H17FN2O4S/c1-3-13-10(2)8-14(25-13)16(22)24-9-15(21)20-17(23)19-12-7-5-4-6-11(12)18/h4-8H,3,9H2,1-2H3,(H2,19,20,21,23). The van der Waals surface area contributed by atoms with Crippen LogP contribution >= 0.6 is 11.3 Å². The average Bonchev–Trinajstić information content (AvgIpc) is 2.95. The molecule has 0 fully saturated rings. The van der Waals surface area contributed by atoms with Crippen LogP contribution in [0.3, 0.4) is 0 Å². The van der Waals surface area contributed by atoms with Gasteiger partial charge in [-0.1, -0.05) is 19.1 Å². The van der Waals surface area contributed by atoms with Gasteiger partial charge < -0.3 is 10.1 Å². The number of imide groups is 1. The summed E-state index contributed by atoms with van der Waals surface area (Å²) in [5, 5.41) is 4.16. The lowest BCUT2D eigenvalue weighted by Gasteiger charge is -2.07. The molecule has 2 rings (SSSR count). The van der Waals surface area contributed by atoms with Crippen molar-refractivity contribution < 1.29 is 23.5 Å². The fourth-order valence-corrected chi connectivity index (χ4v) is 3.06. The molecule has 0 saturated carbocycles. The summed E-state index contributed by atoms with van der Waals surface area (Å²) in [6.45, 7) is 3.27. The van der Waals surface area contributed by atoms with Gasteiger partial charge in [0.1, 0.15) is 10.7 Å². The fraction of sp³-hybridized carbons (Fsp3) is 0.235. The van der Waals surface area contributed by atoms with Gasteiger partial charge in [0.15, 0.2) is 6.61 Å². The number of carbonyl (C=O) groups excluding carboxylic acids is 3. The molecule has 1 heterocycles. The number of anilines is 1. The molecule has 0 saturated heterocycles. The lowest BCUT2D eigenvalue weighted by Crippen LogP contribution is -2.37. The molecule has 8 heteroatoms. The van der Waals surface area contributed by atoms with E-state index >= 15 is 0 Å². The first-order valence-electron chi connectivity index (χ1n) is 7.52. The molecule has 25 heavy (non-hydrogen) atoms. The zero-order valence-electron chi connectivity index (χ0n) is 13.7. The highest BCUT2D eigenvalue weighted by atomic mass is 32.1. The molecule has 0 bridgehead atoms. The third-order valence-corrected chi connectivity index (χ3v) is 4.61. The third kappa shape index (κ3) is 5.12. The Morgan fingerprint density at radius 1 is 1.24 bits per heavy atom. The molecule has 1 aromatic carbocycles. The number of thiophene rings is 1. The molecule has 0 atom stereocenters. The maximum Gasteiger partial charge on any atom is 0.348 e. The Kier molecular flexibility index (Phi) is 6.24. The first-order chi connectivity index (χ1) is 11.9. The van der Waals surface area contributed by atoms with Crippen LogP contribution in [0.5, 0.6) is 0 Å². The Labute approximate surface area is 148 Å². The molecule has 1 aromatic heterocycles. The van der Waals surface area contributed by atoms with Crippen molar-refractivity contribution in [2.24, 2.45) is 0 Å². The molecule has 2 aromatic rings. The summed E-state index contributed by atoms with van der Waals surface area (Å²) in [7, 11) is 0. The normalized spacial score (nSPS) is 10.2. The average molecular weight is 364 g/mol. The molecule has 0 spiro atoms. The van der Waals surface area contributed by atoms with Crippen molar-refractivity contribution in [2.45, 2.75) is 20.3 Å². The van der Waals surface area contributed by atoms with Crippen molar-refractivity contribution in [1.29, 1.82) is 0 Å². The second-order valence-electron chi connectivity index (χ2n) is 5.13. The van der Waals surface area contributed by atoms with E-state index in [0.717, 1.165) is 16.9 Å². The van der Waals surface area contributed by atoms with Gasteiger partial charge in [-0.25, -0.2) is 14.0 Å². The number of nitrogens with one attached hydrogen (secondary N) is 2. The number of benzene rings is 1. The molecule has 0 radical (unpaired) electrons. The van der Waals surface area contributed by atoms with E-state index < -0.39 is 30.3 Å². The number of amides is 3. The highest BCUT2D eigenvalue weighted by molar-refractivity contribution is 7.14. The first-order valence-corrected chi connectivity index (χ1v) is 8.34. The number of esters is 1. The molecule has 0 aliphatic carbocycles. The molecule has 0 aliphatic rings. The van der Waals surface area contributed by atoms with Gasteiger partial charge >= 0.3 is 12.0 Å². The molecular weight excluding hydrogens is 347 g/mol. The highest BCUT2D eigenvalue weighted by Crippen LogP contribution is 2.22. The van der Waals surface area contributed by atoms with Gasteiger partial charge in [-0.05, 0) is 37.1 Å². The molecule has 3 amide bonds. The van der Waals surface area contributed by atoms with Gasteiger partial charge in [0.2, 0.25) is 0 Å². The lowest BCUT2D eigenvalue weighted by atomic mass is 10.2. The number of carbonyl (C=O) groups is 3. The number of halogens is 1. The maximum atomic E-state index is 13.4. The third-order valence-electron chi connectivity index (χ3n) is 3.25. The minimum Gasteiger partial charge on any atom is -0.451 e. The topological polar surface area (TPSA) is 84.5 Å². The number of rotatable bonds is 5. The van der Waals surface area contributed by atoms with E-state index in [2.05, 4.69) is 5.32 Å². The summed E-state index contributed by atoms with van der Waals surface area (Å²) >= 11 is 1.31. The van der Waals surface area contributed by atoms with Gasteiger partial charge in [-0.2, -0.15) is 0 Å². The molecule has 2 N–H and O–H groups in total. The zero-order chi connectivity index (χ0) is 18.4. The quantitative estimate of drug-likeness (QED) is 0.798. The van der Waals surface area contributed by atoms with Crippen molar-refractivity contribution in [3.05, 3.63) is 51.5 Å². The SMILES string of the molecule is CCc1sc(C(=O)OCC(=O)NC(=O)Nc2ccccc2F)cc1C. The van der Waals surface area contributed by atoms with Crippen LogP contribution in [0.25, 0.3) is 0 Å². The van der Waals surface area contributed by atoms with Gasteiger partial charge in [0, 0.05) is 4.88 Å². The van der Waals surface area contributed by atoms with Crippen LogP contribution < -0.4 is 10.6 Å². The number of urea groups is 1. The largest absolute Gasteiger partial charge is 0.451 e. The van der Waals surface area contributed by atoms with Crippen LogP contribution in [0, 0.1) is 12.7 Å². The van der Waals surface area contributed by atoms with E-state index in [1.54, 1.807) is 6.07 Å². The Morgan fingerprint density at radius 3 is 2.60 bits per heavy atom. The van der Waals surface area contributed by atoms with Gasteiger partial charge in [-0.3, -0.25) is 10.1 Å². The minimum absolute atomic E-state index is 0.0639. The van der Waals surface area contributed by atoms with Gasteiger partial charge in [-0.15, -0.1) is 11.3 Å². The predicted octanol–water partition coefficient (Wildman–Crippen LogP) is 3.26. The van der Waals surface area contributed by atoms with Crippen molar-refractivity contribution in [3.8, 4) is 0 Å². The van der Waals surface area contributed by atoms with Crippen LogP contribution in [0.4, 0.5) is 14.9 Å². The first kappa shape index (κ1) is 18.6. The van der Waals surface area contributed by atoms with Crippen LogP contribution in [0.15, 0.2) is 30.3 Å². The van der Waals surface area contributed by atoms with Crippen molar-refractivity contribution in [3.63, 3.8) is 0 Å². The van der Waals surface area contributed by atoms with E-state index in [9.17, 15) is 18.8 Å². The second kappa shape index (κ2) is 8.39. The van der Waals surface area contributed by atoms with Crippen LogP contribution in [0.2, 0.25) is 0 Å². The lowest BCUT2D eigenvalue weighted by molar-refractivity contribution is -0.123. The van der Waals surface area contributed by atoms with Gasteiger partial charge in [0.25, 0.3) is 5.91 Å². The number of aryl methyl sites for hydroxylation is 2. The van der Waals surface area contributed by atoms with Crippen molar-refractivity contribution >= 4 is 34.9 Å².